The Balaban J connectivity index is 1.60. The molecule has 0 radical (unpaired) electrons. The van der Waals surface area contributed by atoms with Gasteiger partial charge in [-0.3, -0.25) is 4.79 Å². The fraction of sp³-hybridized carbons (Fsp3) is 0.400. The molecule has 7 heteroatoms. The first-order valence-electron chi connectivity index (χ1n) is 7.10. The summed E-state index contributed by atoms with van der Waals surface area (Å²) in [5.74, 6) is 1.23. The van der Waals surface area contributed by atoms with Gasteiger partial charge in [0.1, 0.15) is 13.2 Å². The lowest BCUT2D eigenvalue weighted by molar-refractivity contribution is -0.116. The Morgan fingerprint density at radius 3 is 2.73 bits per heavy atom. The third kappa shape index (κ3) is 3.59. The Morgan fingerprint density at radius 1 is 1.23 bits per heavy atom. The smallest absolute Gasteiger partial charge is 0.244 e. The first kappa shape index (κ1) is 14.9. The second-order valence-corrected chi connectivity index (χ2v) is 7.57. The van der Waals surface area contributed by atoms with Crippen molar-refractivity contribution in [3.8, 4) is 11.5 Å². The van der Waals surface area contributed by atoms with E-state index in [9.17, 15) is 13.2 Å². The number of fused-ring (bicyclic) bond motifs is 1. The third-order valence-corrected chi connectivity index (χ3v) is 5.34. The van der Waals surface area contributed by atoms with E-state index in [1.165, 1.54) is 6.08 Å². The molecular weight excluding hydrogens is 306 g/mol. The molecule has 1 atom stereocenters. The Morgan fingerprint density at radius 2 is 2.00 bits per heavy atom. The highest BCUT2D eigenvalue weighted by atomic mass is 32.2. The van der Waals surface area contributed by atoms with Crippen LogP contribution in [0.25, 0.3) is 6.08 Å². The minimum Gasteiger partial charge on any atom is -0.486 e. The summed E-state index contributed by atoms with van der Waals surface area (Å²) >= 11 is 0. The zero-order valence-corrected chi connectivity index (χ0v) is 12.8. The number of sulfone groups is 1. The van der Waals surface area contributed by atoms with Crippen LogP contribution in [0.1, 0.15) is 12.0 Å². The van der Waals surface area contributed by atoms with Gasteiger partial charge in [0.25, 0.3) is 0 Å². The van der Waals surface area contributed by atoms with E-state index in [4.69, 9.17) is 9.47 Å². The van der Waals surface area contributed by atoms with Crippen molar-refractivity contribution in [1.29, 1.82) is 0 Å². The average molecular weight is 323 g/mol. The standard InChI is InChI=1S/C15H17NO5S/c17-15(16-12-5-8-22(18,19)10-12)4-2-11-1-3-13-14(9-11)21-7-6-20-13/h1-4,9,12H,5-8,10H2,(H,16,17)/b4-2-/t12-/m0/s1. The predicted octanol–water partition coefficient (Wildman–Crippen LogP) is 0.774. The van der Waals surface area contributed by atoms with Gasteiger partial charge in [-0.05, 0) is 30.2 Å². The molecule has 6 nitrogen and oxygen atoms in total. The van der Waals surface area contributed by atoms with Crippen molar-refractivity contribution in [1.82, 2.24) is 5.32 Å². The maximum absolute atomic E-state index is 11.8. The molecule has 3 rings (SSSR count). The van der Waals surface area contributed by atoms with Gasteiger partial charge < -0.3 is 14.8 Å². The fourth-order valence-electron chi connectivity index (χ4n) is 2.49. The summed E-state index contributed by atoms with van der Waals surface area (Å²) in [6, 6.07) is 5.15. The number of hydrogen-bond acceptors (Lipinski definition) is 5. The van der Waals surface area contributed by atoms with E-state index in [-0.39, 0.29) is 23.5 Å². The van der Waals surface area contributed by atoms with Gasteiger partial charge in [-0.25, -0.2) is 8.42 Å². The van der Waals surface area contributed by atoms with Crippen molar-refractivity contribution in [3.05, 3.63) is 29.8 Å². The van der Waals surface area contributed by atoms with E-state index in [2.05, 4.69) is 5.32 Å². The van der Waals surface area contributed by atoms with Crippen molar-refractivity contribution >= 4 is 21.8 Å². The van der Waals surface area contributed by atoms with E-state index in [1.807, 2.05) is 6.07 Å². The summed E-state index contributed by atoms with van der Waals surface area (Å²) in [6.07, 6.45) is 3.54. The number of benzene rings is 1. The molecule has 0 aliphatic carbocycles. The normalized spacial score (nSPS) is 22.6. The molecule has 1 amide bonds. The van der Waals surface area contributed by atoms with Crippen molar-refractivity contribution in [2.45, 2.75) is 12.5 Å². The lowest BCUT2D eigenvalue weighted by Crippen LogP contribution is -2.34. The minimum atomic E-state index is -2.99. The summed E-state index contributed by atoms with van der Waals surface area (Å²) in [5.41, 5.74) is 0.818. The number of carbonyl (C=O) groups is 1. The van der Waals surface area contributed by atoms with Crippen LogP contribution in [-0.2, 0) is 14.6 Å². The van der Waals surface area contributed by atoms with Crippen LogP contribution in [0.5, 0.6) is 11.5 Å². The van der Waals surface area contributed by atoms with Crippen LogP contribution in [0.3, 0.4) is 0 Å². The lowest BCUT2D eigenvalue weighted by atomic mass is 10.1. The van der Waals surface area contributed by atoms with Gasteiger partial charge in [0.2, 0.25) is 5.91 Å². The molecule has 0 bridgehead atoms. The third-order valence-electron chi connectivity index (χ3n) is 3.57. The Bertz CT molecular complexity index is 711. The Hall–Kier alpha value is -2.02. The number of hydrogen-bond donors (Lipinski definition) is 1. The summed E-state index contributed by atoms with van der Waals surface area (Å²) < 4.78 is 33.6. The molecule has 22 heavy (non-hydrogen) atoms. The topological polar surface area (TPSA) is 81.7 Å². The van der Waals surface area contributed by atoms with E-state index in [0.29, 0.717) is 31.1 Å². The van der Waals surface area contributed by atoms with Crippen LogP contribution in [0.2, 0.25) is 0 Å². The zero-order valence-electron chi connectivity index (χ0n) is 11.9. The van der Waals surface area contributed by atoms with Crippen molar-refractivity contribution in [2.24, 2.45) is 0 Å². The SMILES string of the molecule is O=C(/C=C\c1ccc2c(c1)OCCO2)N[C@H]1CCS(=O)(=O)C1. The van der Waals surface area contributed by atoms with Crippen LogP contribution < -0.4 is 14.8 Å². The highest BCUT2D eigenvalue weighted by Gasteiger charge is 2.28. The van der Waals surface area contributed by atoms with Gasteiger partial charge in [0.15, 0.2) is 21.3 Å². The van der Waals surface area contributed by atoms with Crippen LogP contribution in [0.15, 0.2) is 24.3 Å². The van der Waals surface area contributed by atoms with Gasteiger partial charge in [0.05, 0.1) is 11.5 Å². The first-order valence-corrected chi connectivity index (χ1v) is 8.93. The largest absolute Gasteiger partial charge is 0.486 e. The molecule has 0 spiro atoms. The summed E-state index contributed by atoms with van der Waals surface area (Å²) in [6.45, 7) is 1.05. The maximum atomic E-state index is 11.8. The molecule has 118 valence electrons. The van der Waals surface area contributed by atoms with Gasteiger partial charge in [-0.2, -0.15) is 0 Å². The first-order chi connectivity index (χ1) is 10.5. The quantitative estimate of drug-likeness (QED) is 0.831. The minimum absolute atomic E-state index is 0.0244. The number of nitrogens with one attached hydrogen (secondary N) is 1. The van der Waals surface area contributed by atoms with Gasteiger partial charge >= 0.3 is 0 Å². The number of amides is 1. The van der Waals surface area contributed by atoms with Crippen molar-refractivity contribution < 1.29 is 22.7 Å². The monoisotopic (exact) mass is 323 g/mol. The second kappa shape index (κ2) is 6.00. The van der Waals surface area contributed by atoms with E-state index in [0.717, 1.165) is 5.56 Å². The van der Waals surface area contributed by atoms with E-state index < -0.39 is 9.84 Å². The molecule has 0 aromatic heterocycles. The molecule has 1 aromatic rings. The van der Waals surface area contributed by atoms with Crippen molar-refractivity contribution in [3.63, 3.8) is 0 Å². The Kier molecular flexibility index (Phi) is 4.06. The van der Waals surface area contributed by atoms with E-state index in [1.54, 1.807) is 18.2 Å². The summed E-state index contributed by atoms with van der Waals surface area (Å²) in [4.78, 5) is 11.8. The molecule has 2 aliphatic rings. The molecule has 0 saturated carbocycles. The van der Waals surface area contributed by atoms with Gasteiger partial charge in [-0.1, -0.05) is 6.07 Å². The van der Waals surface area contributed by atoms with Crippen LogP contribution in [-0.4, -0.2) is 45.1 Å². The van der Waals surface area contributed by atoms with Gasteiger partial charge in [-0.15, -0.1) is 0 Å². The zero-order chi connectivity index (χ0) is 15.6. The van der Waals surface area contributed by atoms with Crippen LogP contribution >= 0.6 is 0 Å². The summed E-state index contributed by atoms with van der Waals surface area (Å²) in [5, 5.41) is 2.71. The van der Waals surface area contributed by atoms with Crippen molar-refractivity contribution in [2.75, 3.05) is 24.7 Å². The molecule has 1 N–H and O–H groups in total. The maximum Gasteiger partial charge on any atom is 0.244 e. The molecule has 2 aliphatic heterocycles. The second-order valence-electron chi connectivity index (χ2n) is 5.34. The predicted molar refractivity (Wildman–Crippen MR) is 81.7 cm³/mol. The molecule has 2 heterocycles. The molecular formula is C15H17NO5S. The Labute approximate surface area is 129 Å². The fourth-order valence-corrected chi connectivity index (χ4v) is 4.17. The number of rotatable bonds is 3. The molecule has 1 aromatic carbocycles. The van der Waals surface area contributed by atoms with Crippen LogP contribution in [0, 0.1) is 0 Å². The highest BCUT2D eigenvalue weighted by Crippen LogP contribution is 2.31. The molecule has 0 unspecified atom stereocenters. The highest BCUT2D eigenvalue weighted by molar-refractivity contribution is 7.91. The van der Waals surface area contributed by atoms with E-state index >= 15 is 0 Å². The number of ether oxygens (including phenoxy) is 2. The molecule has 1 fully saturated rings. The molecule has 1 saturated heterocycles. The lowest BCUT2D eigenvalue weighted by Gasteiger charge is -2.18. The van der Waals surface area contributed by atoms with Crippen LogP contribution in [0.4, 0.5) is 0 Å². The summed E-state index contributed by atoms with van der Waals surface area (Å²) in [7, 11) is -2.99. The van der Waals surface area contributed by atoms with Gasteiger partial charge in [0, 0.05) is 12.1 Å². The average Bonchev–Trinajstić information content (AvgIpc) is 2.84. The number of carbonyl (C=O) groups excluding carboxylic acids is 1.